The predicted molar refractivity (Wildman–Crippen MR) is 93.1 cm³/mol. The highest BCUT2D eigenvalue weighted by atomic mass is 32.1. The minimum Gasteiger partial charge on any atom is -0.371 e. The summed E-state index contributed by atoms with van der Waals surface area (Å²) in [5.74, 6) is -0.0820. The maximum absolute atomic E-state index is 12.4. The highest BCUT2D eigenvalue weighted by Crippen LogP contribution is 2.32. The Kier molecular flexibility index (Phi) is 4.03. The first-order chi connectivity index (χ1) is 11.7. The summed E-state index contributed by atoms with van der Waals surface area (Å²) in [6.07, 6.45) is 4.37. The molecule has 1 fully saturated rings. The molecule has 0 spiro atoms. The third-order valence-corrected chi connectivity index (χ3v) is 5.15. The van der Waals surface area contributed by atoms with Gasteiger partial charge in [-0.05, 0) is 24.5 Å². The largest absolute Gasteiger partial charge is 0.371 e. The highest BCUT2D eigenvalue weighted by molar-refractivity contribution is 7.15. The molecule has 1 atom stereocenters. The van der Waals surface area contributed by atoms with E-state index in [1.54, 1.807) is 0 Å². The Balaban J connectivity index is 1.46. The Morgan fingerprint density at radius 1 is 1.42 bits per heavy atom. The zero-order valence-corrected chi connectivity index (χ0v) is 14.2. The molecule has 0 saturated carbocycles. The summed E-state index contributed by atoms with van der Waals surface area (Å²) < 4.78 is 7.64. The van der Waals surface area contributed by atoms with Crippen molar-refractivity contribution in [2.24, 2.45) is 7.05 Å². The van der Waals surface area contributed by atoms with E-state index >= 15 is 0 Å². The molecular formula is C17H18N4O2S. The molecule has 0 radical (unpaired) electrons. The van der Waals surface area contributed by atoms with E-state index in [1.807, 2.05) is 36.0 Å². The molecule has 3 heterocycles. The first-order valence-corrected chi connectivity index (χ1v) is 8.80. The molecule has 6 nitrogen and oxygen atoms in total. The molecule has 1 N–H and O–H groups in total. The lowest BCUT2D eigenvalue weighted by Crippen LogP contribution is -2.14. The molecule has 4 rings (SSSR count). The van der Waals surface area contributed by atoms with Crippen LogP contribution in [0.3, 0.4) is 0 Å². The lowest BCUT2D eigenvalue weighted by Gasteiger charge is -2.02. The molecule has 7 heteroatoms. The number of aromatic nitrogens is 3. The van der Waals surface area contributed by atoms with Crippen LogP contribution in [0.25, 0.3) is 10.9 Å². The average molecular weight is 342 g/mol. The zero-order valence-electron chi connectivity index (χ0n) is 13.4. The molecule has 3 aromatic rings. The summed E-state index contributed by atoms with van der Waals surface area (Å²) in [7, 11) is 1.99. The van der Waals surface area contributed by atoms with Crippen molar-refractivity contribution in [3.05, 3.63) is 41.0 Å². The Morgan fingerprint density at radius 2 is 2.29 bits per heavy atom. The molecule has 124 valence electrons. The van der Waals surface area contributed by atoms with Crippen LogP contribution < -0.4 is 5.32 Å². The minimum absolute atomic E-state index is 0.0335. The van der Waals surface area contributed by atoms with E-state index < -0.39 is 0 Å². The molecule has 0 unspecified atom stereocenters. The molecule has 2 aromatic heterocycles. The van der Waals surface area contributed by atoms with Gasteiger partial charge in [0.1, 0.15) is 11.1 Å². The third kappa shape index (κ3) is 2.92. The number of hydrogen-bond donors (Lipinski definition) is 1. The molecule has 1 saturated heterocycles. The molecular weight excluding hydrogens is 324 g/mol. The Hall–Kier alpha value is -2.25. The average Bonchev–Trinajstić information content (AvgIpc) is 3.29. The summed E-state index contributed by atoms with van der Waals surface area (Å²) in [6.45, 7) is 0.771. The second-order valence-corrected chi connectivity index (χ2v) is 6.96. The number of para-hydroxylation sites is 1. The van der Waals surface area contributed by atoms with E-state index in [9.17, 15) is 4.79 Å². The number of fused-ring (bicyclic) bond motifs is 1. The minimum atomic E-state index is -0.0820. The van der Waals surface area contributed by atoms with Crippen molar-refractivity contribution < 1.29 is 9.53 Å². The van der Waals surface area contributed by atoms with Crippen molar-refractivity contribution in [1.29, 1.82) is 0 Å². The van der Waals surface area contributed by atoms with Crippen LogP contribution in [0.5, 0.6) is 0 Å². The monoisotopic (exact) mass is 342 g/mol. The van der Waals surface area contributed by atoms with Gasteiger partial charge in [0.25, 0.3) is 0 Å². The maximum Gasteiger partial charge on any atom is 0.230 e. The van der Waals surface area contributed by atoms with Gasteiger partial charge in [-0.1, -0.05) is 29.5 Å². The van der Waals surface area contributed by atoms with Crippen LogP contribution >= 0.6 is 11.3 Å². The van der Waals surface area contributed by atoms with Crippen LogP contribution in [0.4, 0.5) is 5.13 Å². The van der Waals surface area contributed by atoms with Gasteiger partial charge in [0.15, 0.2) is 0 Å². The molecule has 1 amide bonds. The van der Waals surface area contributed by atoms with Gasteiger partial charge in [0.2, 0.25) is 11.0 Å². The molecule has 24 heavy (non-hydrogen) atoms. The SMILES string of the molecule is Cn1cc(CC(=O)Nc2nnc([C@H]3CCCO3)s2)c2ccccc21. The van der Waals surface area contributed by atoms with Gasteiger partial charge < -0.3 is 14.6 Å². The van der Waals surface area contributed by atoms with E-state index in [2.05, 4.69) is 21.6 Å². The Bertz CT molecular complexity index is 880. The van der Waals surface area contributed by atoms with Crippen molar-refractivity contribution >= 4 is 33.3 Å². The lowest BCUT2D eigenvalue weighted by molar-refractivity contribution is -0.115. The van der Waals surface area contributed by atoms with Crippen LogP contribution in [0.15, 0.2) is 30.5 Å². The quantitative estimate of drug-likeness (QED) is 0.791. The van der Waals surface area contributed by atoms with E-state index in [-0.39, 0.29) is 12.0 Å². The Morgan fingerprint density at radius 3 is 3.12 bits per heavy atom. The number of carbonyl (C=O) groups excluding carboxylic acids is 1. The predicted octanol–water partition coefficient (Wildman–Crippen LogP) is 3.06. The van der Waals surface area contributed by atoms with Gasteiger partial charge in [-0.2, -0.15) is 0 Å². The van der Waals surface area contributed by atoms with Crippen LogP contribution in [0.1, 0.15) is 29.5 Å². The van der Waals surface area contributed by atoms with Crippen molar-refractivity contribution in [3.8, 4) is 0 Å². The van der Waals surface area contributed by atoms with Gasteiger partial charge in [-0.3, -0.25) is 4.79 Å². The third-order valence-electron chi connectivity index (χ3n) is 4.22. The number of benzene rings is 1. The summed E-state index contributed by atoms with van der Waals surface area (Å²) in [5.41, 5.74) is 2.13. The fraction of sp³-hybridized carbons (Fsp3) is 0.353. The normalized spacial score (nSPS) is 17.5. The number of ether oxygens (including phenoxy) is 1. The van der Waals surface area contributed by atoms with Gasteiger partial charge in [0, 0.05) is 30.8 Å². The van der Waals surface area contributed by atoms with Crippen LogP contribution in [0, 0.1) is 0 Å². The summed E-state index contributed by atoms with van der Waals surface area (Å²) in [5, 5.41) is 13.5. The summed E-state index contributed by atoms with van der Waals surface area (Å²) in [4.78, 5) is 12.4. The molecule has 1 aliphatic heterocycles. The van der Waals surface area contributed by atoms with E-state index in [1.165, 1.54) is 11.3 Å². The van der Waals surface area contributed by atoms with Crippen molar-refractivity contribution in [1.82, 2.24) is 14.8 Å². The number of rotatable bonds is 4. The topological polar surface area (TPSA) is 69.0 Å². The van der Waals surface area contributed by atoms with Crippen LogP contribution in [0.2, 0.25) is 0 Å². The van der Waals surface area contributed by atoms with Gasteiger partial charge >= 0.3 is 0 Å². The van der Waals surface area contributed by atoms with Gasteiger partial charge in [-0.15, -0.1) is 10.2 Å². The maximum atomic E-state index is 12.4. The van der Waals surface area contributed by atoms with Crippen molar-refractivity contribution in [2.75, 3.05) is 11.9 Å². The number of carbonyl (C=O) groups is 1. The molecule has 0 aliphatic carbocycles. The lowest BCUT2D eigenvalue weighted by atomic mass is 10.1. The number of anilines is 1. The number of nitrogens with zero attached hydrogens (tertiary/aromatic N) is 3. The zero-order chi connectivity index (χ0) is 16.5. The van der Waals surface area contributed by atoms with E-state index in [4.69, 9.17) is 4.74 Å². The second kappa shape index (κ2) is 6.33. The van der Waals surface area contributed by atoms with Crippen LogP contribution in [-0.2, 0) is 23.0 Å². The van der Waals surface area contributed by atoms with E-state index in [0.29, 0.717) is 11.6 Å². The standard InChI is InChI=1S/C17H18N4O2S/c1-21-10-11(12-5-2-3-6-13(12)21)9-15(22)18-17-20-19-16(24-17)14-7-4-8-23-14/h2-3,5-6,10,14H,4,7-9H2,1H3,(H,18,20,22)/t14-/m1/s1. The van der Waals surface area contributed by atoms with Gasteiger partial charge in [-0.25, -0.2) is 0 Å². The fourth-order valence-corrected chi connectivity index (χ4v) is 3.93. The number of aryl methyl sites for hydroxylation is 1. The molecule has 1 aromatic carbocycles. The highest BCUT2D eigenvalue weighted by Gasteiger charge is 2.22. The molecule has 0 bridgehead atoms. The summed E-state index contributed by atoms with van der Waals surface area (Å²) >= 11 is 1.39. The van der Waals surface area contributed by atoms with E-state index in [0.717, 1.165) is 40.9 Å². The number of hydrogen-bond acceptors (Lipinski definition) is 5. The second-order valence-electron chi connectivity index (χ2n) is 5.95. The fourth-order valence-electron chi connectivity index (χ4n) is 3.09. The molecule has 1 aliphatic rings. The number of nitrogens with one attached hydrogen (secondary N) is 1. The smallest absolute Gasteiger partial charge is 0.230 e. The van der Waals surface area contributed by atoms with Gasteiger partial charge in [0.05, 0.1) is 6.42 Å². The summed E-state index contributed by atoms with van der Waals surface area (Å²) in [6, 6.07) is 8.08. The first-order valence-electron chi connectivity index (χ1n) is 7.98. The first kappa shape index (κ1) is 15.3. The van der Waals surface area contributed by atoms with Crippen molar-refractivity contribution in [3.63, 3.8) is 0 Å². The van der Waals surface area contributed by atoms with Crippen molar-refractivity contribution in [2.45, 2.75) is 25.4 Å². The van der Waals surface area contributed by atoms with Crippen LogP contribution in [-0.4, -0.2) is 27.3 Å². The Labute approximate surface area is 143 Å². The number of amides is 1.